The molecule has 4 nitrogen and oxygen atoms in total. The van der Waals surface area contributed by atoms with E-state index in [0.29, 0.717) is 13.2 Å². The smallest absolute Gasteiger partial charge is 0.0897 e. The maximum absolute atomic E-state index is 5.52. The number of ether oxygens (including phenoxy) is 1. The van der Waals surface area contributed by atoms with Crippen LogP contribution in [0.1, 0.15) is 17.0 Å². The van der Waals surface area contributed by atoms with Crippen molar-refractivity contribution in [2.24, 2.45) is 0 Å². The van der Waals surface area contributed by atoms with Crippen molar-refractivity contribution in [1.29, 1.82) is 0 Å². The second kappa shape index (κ2) is 4.31. The molecule has 0 unspecified atom stereocenters. The molecule has 0 fully saturated rings. The molecule has 0 amide bonds. The highest BCUT2D eigenvalue weighted by atomic mass is 16.5. The van der Waals surface area contributed by atoms with Crippen LogP contribution in [0.4, 0.5) is 0 Å². The van der Waals surface area contributed by atoms with Crippen LogP contribution in [0.5, 0.6) is 0 Å². The third-order valence-corrected chi connectivity index (χ3v) is 3.00. The summed E-state index contributed by atoms with van der Waals surface area (Å²) < 4.78 is 7.51. The van der Waals surface area contributed by atoms with Crippen LogP contribution in [0.2, 0.25) is 0 Å². The minimum Gasteiger partial charge on any atom is -0.370 e. The number of para-hydroxylation sites is 1. The largest absolute Gasteiger partial charge is 0.370 e. The SMILES string of the molecule is CNCc1nn(-c2ccccc2)c2c1COC2. The van der Waals surface area contributed by atoms with Gasteiger partial charge in [-0.3, -0.25) is 0 Å². The van der Waals surface area contributed by atoms with Gasteiger partial charge >= 0.3 is 0 Å². The average molecular weight is 229 g/mol. The van der Waals surface area contributed by atoms with E-state index in [4.69, 9.17) is 4.74 Å². The number of benzene rings is 1. The zero-order chi connectivity index (χ0) is 11.7. The number of nitrogens with one attached hydrogen (secondary N) is 1. The van der Waals surface area contributed by atoms with Crippen LogP contribution in [0.3, 0.4) is 0 Å². The fourth-order valence-corrected chi connectivity index (χ4v) is 2.19. The summed E-state index contributed by atoms with van der Waals surface area (Å²) in [6.07, 6.45) is 0. The van der Waals surface area contributed by atoms with E-state index < -0.39 is 0 Å². The molecule has 1 aliphatic rings. The van der Waals surface area contributed by atoms with E-state index in [1.54, 1.807) is 0 Å². The van der Waals surface area contributed by atoms with Gasteiger partial charge in [-0.2, -0.15) is 5.10 Å². The lowest BCUT2D eigenvalue weighted by atomic mass is 10.2. The molecule has 2 aromatic rings. The average Bonchev–Trinajstić information content (AvgIpc) is 2.94. The maximum Gasteiger partial charge on any atom is 0.0897 e. The van der Waals surface area contributed by atoms with Gasteiger partial charge in [0.2, 0.25) is 0 Å². The van der Waals surface area contributed by atoms with Gasteiger partial charge in [0.1, 0.15) is 0 Å². The summed E-state index contributed by atoms with van der Waals surface area (Å²) in [6.45, 7) is 2.12. The fourth-order valence-electron chi connectivity index (χ4n) is 2.19. The molecule has 0 radical (unpaired) electrons. The summed E-state index contributed by atoms with van der Waals surface area (Å²) in [4.78, 5) is 0. The van der Waals surface area contributed by atoms with Crippen LogP contribution in [-0.4, -0.2) is 16.8 Å². The molecule has 88 valence electrons. The molecule has 0 saturated carbocycles. The number of hydrogen-bond acceptors (Lipinski definition) is 3. The quantitative estimate of drug-likeness (QED) is 0.869. The van der Waals surface area contributed by atoms with Gasteiger partial charge in [-0.1, -0.05) is 18.2 Å². The Morgan fingerprint density at radius 2 is 2.12 bits per heavy atom. The van der Waals surface area contributed by atoms with Crippen LogP contribution in [-0.2, 0) is 24.5 Å². The number of hydrogen-bond donors (Lipinski definition) is 1. The van der Waals surface area contributed by atoms with Crippen molar-refractivity contribution in [1.82, 2.24) is 15.1 Å². The summed E-state index contributed by atoms with van der Waals surface area (Å²) in [5.41, 5.74) is 4.60. The molecule has 3 rings (SSSR count). The van der Waals surface area contributed by atoms with Crippen molar-refractivity contribution < 1.29 is 4.74 Å². The van der Waals surface area contributed by atoms with E-state index in [2.05, 4.69) is 22.5 Å². The van der Waals surface area contributed by atoms with Gasteiger partial charge in [-0.25, -0.2) is 4.68 Å². The first-order valence-corrected chi connectivity index (χ1v) is 5.77. The van der Waals surface area contributed by atoms with E-state index in [1.807, 2.05) is 29.9 Å². The van der Waals surface area contributed by atoms with E-state index in [9.17, 15) is 0 Å². The Kier molecular flexibility index (Phi) is 2.66. The number of aromatic nitrogens is 2. The van der Waals surface area contributed by atoms with Gasteiger partial charge in [0, 0.05) is 12.1 Å². The van der Waals surface area contributed by atoms with Crippen LogP contribution in [0.15, 0.2) is 30.3 Å². The summed E-state index contributed by atoms with van der Waals surface area (Å²) >= 11 is 0. The Morgan fingerprint density at radius 1 is 1.29 bits per heavy atom. The van der Waals surface area contributed by atoms with E-state index >= 15 is 0 Å². The predicted octanol–water partition coefficient (Wildman–Crippen LogP) is 1.62. The first-order chi connectivity index (χ1) is 8.40. The Hall–Kier alpha value is -1.65. The van der Waals surface area contributed by atoms with Gasteiger partial charge in [-0.15, -0.1) is 0 Å². The summed E-state index contributed by atoms with van der Waals surface area (Å²) in [7, 11) is 1.93. The second-order valence-corrected chi connectivity index (χ2v) is 4.14. The van der Waals surface area contributed by atoms with Crippen molar-refractivity contribution in [3.05, 3.63) is 47.3 Å². The van der Waals surface area contributed by atoms with E-state index in [0.717, 1.165) is 17.9 Å². The Bertz CT molecular complexity index is 519. The molecule has 0 aliphatic carbocycles. The molecule has 1 aliphatic heterocycles. The molecule has 1 aromatic heterocycles. The van der Waals surface area contributed by atoms with Crippen molar-refractivity contribution in [3.8, 4) is 5.69 Å². The highest BCUT2D eigenvalue weighted by Crippen LogP contribution is 2.25. The van der Waals surface area contributed by atoms with E-state index in [-0.39, 0.29) is 0 Å². The molecule has 4 heteroatoms. The van der Waals surface area contributed by atoms with Crippen LogP contribution >= 0.6 is 0 Å². The monoisotopic (exact) mass is 229 g/mol. The molecule has 0 atom stereocenters. The Labute approximate surface area is 100 Å². The molecule has 2 heterocycles. The Morgan fingerprint density at radius 3 is 2.88 bits per heavy atom. The van der Waals surface area contributed by atoms with E-state index in [1.165, 1.54) is 11.3 Å². The molecule has 1 aromatic carbocycles. The molecular weight excluding hydrogens is 214 g/mol. The lowest BCUT2D eigenvalue weighted by Crippen LogP contribution is -2.08. The lowest BCUT2D eigenvalue weighted by Gasteiger charge is -2.04. The standard InChI is InChI=1S/C13H15N3O/c1-14-7-12-11-8-17-9-13(11)16(15-12)10-5-3-2-4-6-10/h2-6,14H,7-9H2,1H3. The highest BCUT2D eigenvalue weighted by Gasteiger charge is 2.23. The van der Waals surface area contributed by atoms with Crippen molar-refractivity contribution in [2.45, 2.75) is 19.8 Å². The number of fused-ring (bicyclic) bond motifs is 1. The van der Waals surface area contributed by atoms with Crippen LogP contribution < -0.4 is 5.32 Å². The first-order valence-electron chi connectivity index (χ1n) is 5.77. The zero-order valence-electron chi connectivity index (χ0n) is 9.81. The van der Waals surface area contributed by atoms with Crippen LogP contribution in [0.25, 0.3) is 5.69 Å². The normalized spacial score (nSPS) is 13.9. The van der Waals surface area contributed by atoms with Gasteiger partial charge in [0.25, 0.3) is 0 Å². The number of nitrogens with zero attached hydrogens (tertiary/aromatic N) is 2. The van der Waals surface area contributed by atoms with Gasteiger partial charge < -0.3 is 10.1 Å². The topological polar surface area (TPSA) is 39.1 Å². The molecule has 0 bridgehead atoms. The molecule has 0 saturated heterocycles. The maximum atomic E-state index is 5.52. The molecule has 17 heavy (non-hydrogen) atoms. The Balaban J connectivity index is 2.09. The predicted molar refractivity (Wildman–Crippen MR) is 64.8 cm³/mol. The molecule has 0 spiro atoms. The minimum atomic E-state index is 0.654. The minimum absolute atomic E-state index is 0.654. The van der Waals surface area contributed by atoms with Gasteiger partial charge in [0.05, 0.1) is 30.3 Å². The second-order valence-electron chi connectivity index (χ2n) is 4.14. The number of rotatable bonds is 3. The van der Waals surface area contributed by atoms with Crippen LogP contribution in [0, 0.1) is 0 Å². The van der Waals surface area contributed by atoms with Crippen molar-refractivity contribution in [2.75, 3.05) is 7.05 Å². The molecular formula is C13H15N3O. The fraction of sp³-hybridized carbons (Fsp3) is 0.308. The third kappa shape index (κ3) is 1.75. The zero-order valence-corrected chi connectivity index (χ0v) is 9.81. The van der Waals surface area contributed by atoms with Gasteiger partial charge in [-0.05, 0) is 19.2 Å². The lowest BCUT2D eigenvalue weighted by molar-refractivity contribution is 0.130. The highest BCUT2D eigenvalue weighted by molar-refractivity contribution is 5.38. The summed E-state index contributed by atoms with van der Waals surface area (Å²) in [6, 6.07) is 10.2. The van der Waals surface area contributed by atoms with Crippen molar-refractivity contribution >= 4 is 0 Å². The van der Waals surface area contributed by atoms with Crippen molar-refractivity contribution in [3.63, 3.8) is 0 Å². The third-order valence-electron chi connectivity index (χ3n) is 3.00. The first kappa shape index (κ1) is 10.5. The van der Waals surface area contributed by atoms with Gasteiger partial charge in [0.15, 0.2) is 0 Å². The summed E-state index contributed by atoms with van der Waals surface area (Å²) in [5.74, 6) is 0. The summed E-state index contributed by atoms with van der Waals surface area (Å²) in [5, 5.41) is 7.81. The molecule has 1 N–H and O–H groups in total.